The molecule has 2 aromatic carbocycles. The summed E-state index contributed by atoms with van der Waals surface area (Å²) >= 11 is 6.07. The van der Waals surface area contributed by atoms with Crippen molar-refractivity contribution in [3.8, 4) is 11.3 Å². The van der Waals surface area contributed by atoms with Gasteiger partial charge in [-0.05, 0) is 31.2 Å². The van der Waals surface area contributed by atoms with Crippen molar-refractivity contribution in [3.63, 3.8) is 0 Å². The Balaban J connectivity index is 1.78. The zero-order valence-electron chi connectivity index (χ0n) is 14.5. The van der Waals surface area contributed by atoms with E-state index in [1.165, 1.54) is 16.8 Å². The van der Waals surface area contributed by atoms with Gasteiger partial charge in [-0.3, -0.25) is 4.68 Å². The van der Waals surface area contributed by atoms with E-state index >= 15 is 0 Å². The van der Waals surface area contributed by atoms with Crippen LogP contribution in [0.15, 0.2) is 54.6 Å². The van der Waals surface area contributed by atoms with Gasteiger partial charge in [0, 0.05) is 41.4 Å². The van der Waals surface area contributed by atoms with Gasteiger partial charge in [-0.2, -0.15) is 5.10 Å². The summed E-state index contributed by atoms with van der Waals surface area (Å²) in [6.07, 6.45) is 2.08. The molecule has 0 aliphatic carbocycles. The highest BCUT2D eigenvalue weighted by molar-refractivity contribution is 6.30. The number of hydrogen-bond acceptors (Lipinski definition) is 2. The number of aromatic nitrogens is 2. The van der Waals surface area contributed by atoms with Crippen LogP contribution < -0.4 is 0 Å². The van der Waals surface area contributed by atoms with Gasteiger partial charge in [0.1, 0.15) is 0 Å². The van der Waals surface area contributed by atoms with Gasteiger partial charge in [-0.15, -0.1) is 0 Å². The third-order valence-corrected chi connectivity index (χ3v) is 5.19. The average molecular weight is 352 g/mol. The summed E-state index contributed by atoms with van der Waals surface area (Å²) in [5.74, 6) is 0. The van der Waals surface area contributed by atoms with Crippen LogP contribution in [0.3, 0.4) is 0 Å². The smallest absolute Gasteiger partial charge is 0.0958 e. The molecular weight excluding hydrogens is 330 g/mol. The van der Waals surface area contributed by atoms with Crippen LogP contribution in [-0.2, 0) is 19.4 Å². The molecule has 0 atom stereocenters. The lowest BCUT2D eigenvalue weighted by atomic mass is 10.0. The predicted octanol–water partition coefficient (Wildman–Crippen LogP) is 4.28. The van der Waals surface area contributed by atoms with Crippen molar-refractivity contribution < 1.29 is 0 Å². The summed E-state index contributed by atoms with van der Waals surface area (Å²) in [6.45, 7) is 2.97. The lowest BCUT2D eigenvalue weighted by Gasteiger charge is -2.12. The molecule has 25 heavy (non-hydrogen) atoms. The topological polar surface area (TPSA) is 21.1 Å². The fourth-order valence-corrected chi connectivity index (χ4v) is 3.64. The molecule has 0 N–H and O–H groups in total. The molecule has 4 heteroatoms. The second kappa shape index (κ2) is 7.03. The second-order valence-corrected chi connectivity index (χ2v) is 7.16. The molecule has 1 aromatic heterocycles. The lowest BCUT2D eigenvalue weighted by Crippen LogP contribution is -2.21. The van der Waals surface area contributed by atoms with Gasteiger partial charge in [0.2, 0.25) is 0 Å². The van der Waals surface area contributed by atoms with E-state index < -0.39 is 0 Å². The van der Waals surface area contributed by atoms with E-state index in [0.29, 0.717) is 0 Å². The Kier molecular flexibility index (Phi) is 4.60. The maximum Gasteiger partial charge on any atom is 0.0958 e. The van der Waals surface area contributed by atoms with Crippen molar-refractivity contribution in [1.82, 2.24) is 14.7 Å². The van der Waals surface area contributed by atoms with Gasteiger partial charge >= 0.3 is 0 Å². The number of hydrogen-bond donors (Lipinski definition) is 0. The highest BCUT2D eigenvalue weighted by Gasteiger charge is 2.22. The van der Waals surface area contributed by atoms with Crippen LogP contribution >= 0.6 is 11.6 Å². The van der Waals surface area contributed by atoms with Crippen molar-refractivity contribution in [3.05, 3.63) is 76.4 Å². The molecule has 2 heterocycles. The number of likely N-dealkylation sites (N-methyl/N-ethyl adjacent to an activating group) is 1. The summed E-state index contributed by atoms with van der Waals surface area (Å²) in [5, 5.41) is 5.77. The zero-order chi connectivity index (χ0) is 17.2. The molecule has 0 radical (unpaired) electrons. The molecule has 4 rings (SSSR count). The molecular formula is C21H22ClN3. The standard InChI is InChI=1S/C21H22ClN3/c1-24-13-11-19-20(12-14-24)25(15-16-5-3-2-4-6-16)23-21(19)17-7-9-18(22)10-8-17/h2-10H,11-15H2,1H3. The Morgan fingerprint density at radius 1 is 0.960 bits per heavy atom. The molecule has 1 aliphatic heterocycles. The van der Waals surface area contributed by atoms with Gasteiger partial charge in [0.25, 0.3) is 0 Å². The molecule has 1 aliphatic rings. The van der Waals surface area contributed by atoms with Gasteiger partial charge < -0.3 is 4.90 Å². The van der Waals surface area contributed by atoms with Crippen LogP contribution in [0.4, 0.5) is 0 Å². The Labute approximate surface area is 153 Å². The summed E-state index contributed by atoms with van der Waals surface area (Å²) < 4.78 is 2.20. The quantitative estimate of drug-likeness (QED) is 0.702. The first-order chi connectivity index (χ1) is 12.2. The van der Waals surface area contributed by atoms with E-state index in [-0.39, 0.29) is 0 Å². The van der Waals surface area contributed by atoms with Crippen LogP contribution in [0.5, 0.6) is 0 Å². The summed E-state index contributed by atoms with van der Waals surface area (Å²) in [4.78, 5) is 2.40. The third-order valence-electron chi connectivity index (χ3n) is 4.93. The van der Waals surface area contributed by atoms with E-state index in [1.807, 2.05) is 12.1 Å². The molecule has 3 nitrogen and oxygen atoms in total. The normalized spacial score (nSPS) is 15.0. The van der Waals surface area contributed by atoms with Crippen molar-refractivity contribution in [1.29, 1.82) is 0 Å². The molecule has 0 bridgehead atoms. The van der Waals surface area contributed by atoms with Gasteiger partial charge in [-0.1, -0.05) is 54.1 Å². The first kappa shape index (κ1) is 16.4. The molecule has 0 fully saturated rings. The van der Waals surface area contributed by atoms with Crippen molar-refractivity contribution in [2.45, 2.75) is 19.4 Å². The van der Waals surface area contributed by atoms with Gasteiger partial charge in [0.15, 0.2) is 0 Å². The van der Waals surface area contributed by atoms with E-state index in [1.54, 1.807) is 0 Å². The molecule has 128 valence electrons. The Morgan fingerprint density at radius 2 is 1.68 bits per heavy atom. The van der Waals surface area contributed by atoms with Crippen molar-refractivity contribution >= 4 is 11.6 Å². The molecule has 0 amide bonds. The molecule has 0 spiro atoms. The van der Waals surface area contributed by atoms with Crippen LogP contribution in [0.1, 0.15) is 16.8 Å². The maximum atomic E-state index is 6.07. The largest absolute Gasteiger partial charge is 0.306 e. The van der Waals surface area contributed by atoms with Crippen LogP contribution in [0.2, 0.25) is 5.02 Å². The van der Waals surface area contributed by atoms with E-state index in [4.69, 9.17) is 16.7 Å². The van der Waals surface area contributed by atoms with Crippen LogP contribution in [-0.4, -0.2) is 34.8 Å². The summed E-state index contributed by atoms with van der Waals surface area (Å²) in [5.41, 5.74) is 6.31. The number of nitrogens with zero attached hydrogens (tertiary/aromatic N) is 3. The minimum Gasteiger partial charge on any atom is -0.306 e. The summed E-state index contributed by atoms with van der Waals surface area (Å²) in [7, 11) is 2.20. The molecule has 3 aromatic rings. The highest BCUT2D eigenvalue weighted by atomic mass is 35.5. The van der Waals surface area contributed by atoms with Gasteiger partial charge in [-0.25, -0.2) is 0 Å². The van der Waals surface area contributed by atoms with Crippen molar-refractivity contribution in [2.75, 3.05) is 20.1 Å². The molecule has 0 unspecified atom stereocenters. The van der Waals surface area contributed by atoms with Crippen LogP contribution in [0.25, 0.3) is 11.3 Å². The first-order valence-corrected chi connectivity index (χ1v) is 9.15. The van der Waals surface area contributed by atoms with Crippen LogP contribution in [0, 0.1) is 0 Å². The Bertz CT molecular complexity index is 853. The minimum absolute atomic E-state index is 0.762. The SMILES string of the molecule is CN1CCc2c(-c3ccc(Cl)cc3)nn(Cc3ccccc3)c2CC1. The minimum atomic E-state index is 0.762. The lowest BCUT2D eigenvalue weighted by molar-refractivity contribution is 0.349. The summed E-state index contributed by atoms with van der Waals surface area (Å²) in [6, 6.07) is 18.6. The van der Waals surface area contributed by atoms with Crippen molar-refractivity contribution in [2.24, 2.45) is 0 Å². The number of halogens is 1. The molecule has 0 saturated heterocycles. The fourth-order valence-electron chi connectivity index (χ4n) is 3.51. The van der Waals surface area contributed by atoms with Gasteiger partial charge in [0.05, 0.1) is 12.2 Å². The number of rotatable bonds is 3. The van der Waals surface area contributed by atoms with E-state index in [2.05, 4.69) is 59.1 Å². The third kappa shape index (κ3) is 3.48. The Morgan fingerprint density at radius 3 is 2.44 bits per heavy atom. The highest BCUT2D eigenvalue weighted by Crippen LogP contribution is 2.29. The number of fused-ring (bicyclic) bond motifs is 1. The first-order valence-electron chi connectivity index (χ1n) is 8.77. The predicted molar refractivity (Wildman–Crippen MR) is 103 cm³/mol. The van der Waals surface area contributed by atoms with E-state index in [9.17, 15) is 0 Å². The maximum absolute atomic E-state index is 6.07. The fraction of sp³-hybridized carbons (Fsp3) is 0.286. The Hall–Kier alpha value is -2.10. The number of benzene rings is 2. The second-order valence-electron chi connectivity index (χ2n) is 6.73. The van der Waals surface area contributed by atoms with E-state index in [0.717, 1.165) is 48.8 Å². The monoisotopic (exact) mass is 351 g/mol. The molecule has 0 saturated carbocycles. The average Bonchev–Trinajstić information content (AvgIpc) is 2.84. The zero-order valence-corrected chi connectivity index (χ0v) is 15.2.